The van der Waals surface area contributed by atoms with Gasteiger partial charge in [0.2, 0.25) is 0 Å². The minimum Gasteiger partial charge on any atom is -0.191 e. The maximum absolute atomic E-state index is 4.70. The van der Waals surface area contributed by atoms with Gasteiger partial charge in [-0.25, -0.2) is 0 Å². The molecule has 2 rings (SSSR count). The van der Waals surface area contributed by atoms with Gasteiger partial charge in [-0.2, -0.15) is 10.2 Å². The Morgan fingerprint density at radius 3 is 1.10 bits per heavy atom. The van der Waals surface area contributed by atoms with E-state index in [0.29, 0.717) is 12.1 Å². The Morgan fingerprint density at radius 1 is 0.550 bits per heavy atom. The quantitative estimate of drug-likeness (QED) is 0.575. The van der Waals surface area contributed by atoms with Crippen molar-refractivity contribution in [2.75, 3.05) is 0 Å². The third-order valence-electron chi connectivity index (χ3n) is 5.76. The molecule has 116 valence electrons. The number of hydrogen-bond acceptors (Lipinski definition) is 2. The van der Waals surface area contributed by atoms with Gasteiger partial charge in [0.05, 0.1) is 12.1 Å². The number of hydrogen-bond donors (Lipinski definition) is 0. The zero-order valence-corrected chi connectivity index (χ0v) is 14.0. The van der Waals surface area contributed by atoms with E-state index in [4.69, 9.17) is 10.2 Å². The van der Waals surface area contributed by atoms with Crippen LogP contribution in [0, 0.1) is 23.7 Å². The molecule has 2 aliphatic carbocycles. The summed E-state index contributed by atoms with van der Waals surface area (Å²) in [6.07, 6.45) is 10.5. The van der Waals surface area contributed by atoms with Crippen molar-refractivity contribution >= 4 is 0 Å². The van der Waals surface area contributed by atoms with Crippen LogP contribution < -0.4 is 0 Å². The van der Waals surface area contributed by atoms with E-state index in [-0.39, 0.29) is 0 Å². The van der Waals surface area contributed by atoms with Crippen molar-refractivity contribution in [1.29, 1.82) is 0 Å². The smallest absolute Gasteiger partial charge is 0.0708 e. The lowest BCUT2D eigenvalue weighted by molar-refractivity contribution is 0.242. The van der Waals surface area contributed by atoms with E-state index in [2.05, 4.69) is 27.7 Å². The van der Waals surface area contributed by atoms with E-state index in [9.17, 15) is 0 Å². The summed E-state index contributed by atoms with van der Waals surface area (Å²) in [5.74, 6) is 3.56. The lowest BCUT2D eigenvalue weighted by atomic mass is 9.79. The molecule has 2 aliphatic rings. The van der Waals surface area contributed by atoms with Crippen LogP contribution in [0.1, 0.15) is 79.1 Å². The van der Waals surface area contributed by atoms with Crippen molar-refractivity contribution in [3.63, 3.8) is 0 Å². The Labute approximate surface area is 125 Å². The molecule has 2 saturated carbocycles. The first-order chi connectivity index (χ1) is 9.56. The van der Waals surface area contributed by atoms with Crippen LogP contribution in [0.4, 0.5) is 0 Å². The van der Waals surface area contributed by atoms with Gasteiger partial charge >= 0.3 is 0 Å². The maximum atomic E-state index is 4.70. The van der Waals surface area contributed by atoms with Gasteiger partial charge in [-0.1, -0.05) is 27.7 Å². The van der Waals surface area contributed by atoms with Gasteiger partial charge < -0.3 is 0 Å². The van der Waals surface area contributed by atoms with Crippen molar-refractivity contribution in [2.45, 2.75) is 91.1 Å². The molecule has 0 spiro atoms. The number of azo groups is 1. The molecular weight excluding hydrogens is 244 g/mol. The average Bonchev–Trinajstić information content (AvgIpc) is 2.46. The molecule has 0 saturated heterocycles. The highest BCUT2D eigenvalue weighted by Crippen LogP contribution is 2.33. The molecule has 0 heterocycles. The number of nitrogens with zero attached hydrogens (tertiary/aromatic N) is 2. The minimum absolute atomic E-state index is 0.535. The lowest BCUT2D eigenvalue weighted by Gasteiger charge is -2.30. The van der Waals surface area contributed by atoms with Crippen LogP contribution in [0.25, 0.3) is 0 Å². The minimum atomic E-state index is 0.535. The molecule has 0 unspecified atom stereocenters. The highest BCUT2D eigenvalue weighted by Gasteiger charge is 2.25. The Morgan fingerprint density at radius 2 is 0.850 bits per heavy atom. The van der Waals surface area contributed by atoms with Gasteiger partial charge in [0, 0.05) is 0 Å². The van der Waals surface area contributed by atoms with E-state index in [0.717, 1.165) is 23.7 Å². The molecule has 2 fully saturated rings. The normalized spacial score (nSPS) is 36.1. The zero-order valence-electron chi connectivity index (χ0n) is 14.0. The summed E-state index contributed by atoms with van der Waals surface area (Å²) in [5.41, 5.74) is 0. The van der Waals surface area contributed by atoms with Gasteiger partial charge in [0.25, 0.3) is 0 Å². The second-order valence-electron chi connectivity index (χ2n) is 7.86. The van der Waals surface area contributed by atoms with Crippen LogP contribution in [-0.2, 0) is 0 Å². The second-order valence-corrected chi connectivity index (χ2v) is 7.86. The van der Waals surface area contributed by atoms with Crippen LogP contribution in [-0.4, -0.2) is 12.1 Å². The largest absolute Gasteiger partial charge is 0.191 e. The van der Waals surface area contributed by atoms with Gasteiger partial charge in [-0.05, 0) is 75.0 Å². The van der Waals surface area contributed by atoms with Crippen molar-refractivity contribution < 1.29 is 0 Å². The maximum Gasteiger partial charge on any atom is 0.0708 e. The first kappa shape index (κ1) is 16.0. The summed E-state index contributed by atoms with van der Waals surface area (Å²) < 4.78 is 0. The summed E-state index contributed by atoms with van der Waals surface area (Å²) in [6, 6.07) is 1.07. The Bertz CT molecular complexity index is 263. The fourth-order valence-corrected chi connectivity index (χ4v) is 3.96. The Hall–Kier alpha value is -0.400. The standard InChI is InChI=1S/C18H34N2/c1-13(2)15-5-9-17(10-6-15)19-20-18-11-7-16(8-12-18)14(3)4/h13-18H,5-12H2,1-4H3. The van der Waals surface area contributed by atoms with Gasteiger partial charge in [-0.3, -0.25) is 0 Å². The zero-order chi connectivity index (χ0) is 14.5. The molecule has 20 heavy (non-hydrogen) atoms. The summed E-state index contributed by atoms with van der Waals surface area (Å²) >= 11 is 0. The van der Waals surface area contributed by atoms with E-state index < -0.39 is 0 Å². The van der Waals surface area contributed by atoms with E-state index in [1.165, 1.54) is 51.4 Å². The Kier molecular flexibility index (Phi) is 6.04. The van der Waals surface area contributed by atoms with Gasteiger partial charge in [0.1, 0.15) is 0 Å². The third-order valence-corrected chi connectivity index (χ3v) is 5.76. The molecule has 0 atom stereocenters. The van der Waals surface area contributed by atoms with Crippen LogP contribution in [0.3, 0.4) is 0 Å². The van der Waals surface area contributed by atoms with Gasteiger partial charge in [0.15, 0.2) is 0 Å². The Balaban J connectivity index is 1.70. The van der Waals surface area contributed by atoms with Crippen LogP contribution in [0.15, 0.2) is 10.2 Å². The lowest BCUT2D eigenvalue weighted by Crippen LogP contribution is -2.22. The van der Waals surface area contributed by atoms with Crippen molar-refractivity contribution in [3.05, 3.63) is 0 Å². The molecule has 0 aromatic rings. The van der Waals surface area contributed by atoms with E-state index >= 15 is 0 Å². The summed E-state index contributed by atoms with van der Waals surface area (Å²) in [5, 5.41) is 9.39. The summed E-state index contributed by atoms with van der Waals surface area (Å²) in [6.45, 7) is 9.44. The molecule has 0 N–H and O–H groups in total. The molecule has 2 heteroatoms. The van der Waals surface area contributed by atoms with Crippen LogP contribution in [0.2, 0.25) is 0 Å². The molecule has 0 radical (unpaired) electrons. The number of rotatable bonds is 4. The van der Waals surface area contributed by atoms with Crippen molar-refractivity contribution in [2.24, 2.45) is 33.9 Å². The molecule has 0 aromatic carbocycles. The molecule has 0 aliphatic heterocycles. The van der Waals surface area contributed by atoms with Crippen LogP contribution in [0.5, 0.6) is 0 Å². The first-order valence-electron chi connectivity index (χ1n) is 8.96. The van der Waals surface area contributed by atoms with Crippen molar-refractivity contribution in [3.8, 4) is 0 Å². The second kappa shape index (κ2) is 7.56. The predicted octanol–water partition coefficient (Wildman–Crippen LogP) is 5.87. The molecule has 2 nitrogen and oxygen atoms in total. The highest BCUT2D eigenvalue weighted by molar-refractivity contribution is 4.80. The predicted molar refractivity (Wildman–Crippen MR) is 86.0 cm³/mol. The first-order valence-corrected chi connectivity index (χ1v) is 8.96. The molecule has 0 bridgehead atoms. The van der Waals surface area contributed by atoms with Crippen LogP contribution >= 0.6 is 0 Å². The van der Waals surface area contributed by atoms with E-state index in [1.54, 1.807) is 0 Å². The van der Waals surface area contributed by atoms with Gasteiger partial charge in [-0.15, -0.1) is 0 Å². The third kappa shape index (κ3) is 4.56. The van der Waals surface area contributed by atoms with E-state index in [1.807, 2.05) is 0 Å². The molecule has 0 aromatic heterocycles. The van der Waals surface area contributed by atoms with Crippen molar-refractivity contribution in [1.82, 2.24) is 0 Å². The SMILES string of the molecule is CC(C)C1CCC(N=NC2CCC(C(C)C)CC2)CC1. The monoisotopic (exact) mass is 278 g/mol. The summed E-state index contributed by atoms with van der Waals surface area (Å²) in [4.78, 5) is 0. The molecular formula is C18H34N2. The fraction of sp³-hybridized carbons (Fsp3) is 1.00. The average molecular weight is 278 g/mol. The summed E-state index contributed by atoms with van der Waals surface area (Å²) in [7, 11) is 0. The highest BCUT2D eigenvalue weighted by atomic mass is 15.1. The molecule has 0 amide bonds. The topological polar surface area (TPSA) is 24.7 Å². The fourth-order valence-electron chi connectivity index (χ4n) is 3.96.